The molecule has 0 saturated carbocycles. The van der Waals surface area contributed by atoms with Crippen LogP contribution in [0.2, 0.25) is 0 Å². The number of fused-ring (bicyclic) bond motifs is 1. The Kier molecular flexibility index (Phi) is 1.96. The SMILES string of the molecule is Cc1cnc(-c2ccc3ccccc3n2)[nH]1. The third-order valence-electron chi connectivity index (χ3n) is 2.54. The molecule has 2 aromatic heterocycles. The standard InChI is InChI=1S/C13H11N3/c1-9-8-14-13(15-9)12-7-6-10-4-2-3-5-11(10)16-12/h2-8H,1H3,(H,14,15). The number of hydrogen-bond donors (Lipinski definition) is 1. The molecule has 3 heteroatoms. The minimum Gasteiger partial charge on any atom is -0.341 e. The maximum atomic E-state index is 4.57. The number of hydrogen-bond acceptors (Lipinski definition) is 2. The summed E-state index contributed by atoms with van der Waals surface area (Å²) >= 11 is 0. The van der Waals surface area contributed by atoms with Gasteiger partial charge in [-0.25, -0.2) is 9.97 Å². The second-order valence-corrected chi connectivity index (χ2v) is 3.80. The molecule has 0 radical (unpaired) electrons. The topological polar surface area (TPSA) is 41.6 Å². The number of H-pyrrole nitrogens is 1. The summed E-state index contributed by atoms with van der Waals surface area (Å²) in [6.45, 7) is 1.98. The van der Waals surface area contributed by atoms with Gasteiger partial charge < -0.3 is 4.98 Å². The number of nitrogens with one attached hydrogen (secondary N) is 1. The first kappa shape index (κ1) is 9.09. The first-order valence-corrected chi connectivity index (χ1v) is 5.21. The van der Waals surface area contributed by atoms with Gasteiger partial charge in [0.25, 0.3) is 0 Å². The van der Waals surface area contributed by atoms with Crippen molar-refractivity contribution in [2.24, 2.45) is 0 Å². The van der Waals surface area contributed by atoms with E-state index in [1.54, 1.807) is 0 Å². The van der Waals surface area contributed by atoms with Crippen molar-refractivity contribution >= 4 is 10.9 Å². The van der Waals surface area contributed by atoms with Gasteiger partial charge in [-0.2, -0.15) is 0 Å². The van der Waals surface area contributed by atoms with Crippen LogP contribution in [0.4, 0.5) is 0 Å². The lowest BCUT2D eigenvalue weighted by Gasteiger charge is -1.99. The Morgan fingerprint density at radius 2 is 1.94 bits per heavy atom. The van der Waals surface area contributed by atoms with Crippen molar-refractivity contribution in [2.45, 2.75) is 6.92 Å². The lowest BCUT2D eigenvalue weighted by Crippen LogP contribution is -1.86. The lowest BCUT2D eigenvalue weighted by atomic mass is 10.2. The van der Waals surface area contributed by atoms with E-state index in [1.807, 2.05) is 37.4 Å². The van der Waals surface area contributed by atoms with E-state index in [9.17, 15) is 0 Å². The van der Waals surface area contributed by atoms with Gasteiger partial charge in [0.15, 0.2) is 5.82 Å². The first-order valence-electron chi connectivity index (χ1n) is 5.21. The van der Waals surface area contributed by atoms with E-state index in [-0.39, 0.29) is 0 Å². The van der Waals surface area contributed by atoms with Crippen LogP contribution >= 0.6 is 0 Å². The van der Waals surface area contributed by atoms with Crippen LogP contribution in [0.1, 0.15) is 5.69 Å². The zero-order valence-corrected chi connectivity index (χ0v) is 8.94. The number of imidazole rings is 1. The van der Waals surface area contributed by atoms with Crippen molar-refractivity contribution in [3.8, 4) is 11.5 Å². The molecule has 78 valence electrons. The van der Waals surface area contributed by atoms with Crippen LogP contribution in [0.15, 0.2) is 42.6 Å². The quantitative estimate of drug-likeness (QED) is 0.669. The second kappa shape index (κ2) is 3.45. The highest BCUT2D eigenvalue weighted by atomic mass is 14.9. The van der Waals surface area contributed by atoms with E-state index >= 15 is 0 Å². The van der Waals surface area contributed by atoms with Crippen molar-refractivity contribution < 1.29 is 0 Å². The molecular formula is C13H11N3. The number of aromatic amines is 1. The first-order chi connectivity index (χ1) is 7.83. The molecule has 0 spiro atoms. The molecule has 0 aliphatic carbocycles. The van der Waals surface area contributed by atoms with E-state index in [4.69, 9.17) is 0 Å². The molecule has 1 N–H and O–H groups in total. The fourth-order valence-corrected chi connectivity index (χ4v) is 1.74. The predicted molar refractivity (Wildman–Crippen MR) is 64.1 cm³/mol. The molecule has 0 saturated heterocycles. The Morgan fingerprint density at radius 1 is 1.06 bits per heavy atom. The fourth-order valence-electron chi connectivity index (χ4n) is 1.74. The van der Waals surface area contributed by atoms with Gasteiger partial charge >= 0.3 is 0 Å². The lowest BCUT2D eigenvalue weighted by molar-refractivity contribution is 1.22. The number of benzene rings is 1. The minimum atomic E-state index is 0.822. The summed E-state index contributed by atoms with van der Waals surface area (Å²) in [5.74, 6) is 0.822. The second-order valence-electron chi connectivity index (χ2n) is 3.80. The fraction of sp³-hybridized carbons (Fsp3) is 0.0769. The molecule has 0 fully saturated rings. The van der Waals surface area contributed by atoms with E-state index in [1.165, 1.54) is 0 Å². The van der Waals surface area contributed by atoms with E-state index in [0.717, 1.165) is 28.1 Å². The monoisotopic (exact) mass is 209 g/mol. The average Bonchev–Trinajstić information content (AvgIpc) is 2.75. The van der Waals surface area contributed by atoms with Crippen molar-refractivity contribution in [3.05, 3.63) is 48.3 Å². The molecule has 0 aliphatic heterocycles. The number of aryl methyl sites for hydroxylation is 1. The molecular weight excluding hydrogens is 198 g/mol. The van der Waals surface area contributed by atoms with E-state index in [2.05, 4.69) is 27.1 Å². The number of pyridine rings is 1. The van der Waals surface area contributed by atoms with Gasteiger partial charge in [-0.1, -0.05) is 24.3 Å². The van der Waals surface area contributed by atoms with Crippen LogP contribution in [-0.4, -0.2) is 15.0 Å². The molecule has 3 nitrogen and oxygen atoms in total. The number of rotatable bonds is 1. The van der Waals surface area contributed by atoms with Gasteiger partial charge in [-0.05, 0) is 19.1 Å². The molecule has 3 rings (SSSR count). The van der Waals surface area contributed by atoms with Gasteiger partial charge in [0.05, 0.1) is 5.52 Å². The Bertz CT molecular complexity index is 640. The Morgan fingerprint density at radius 3 is 2.75 bits per heavy atom. The number of para-hydroxylation sites is 1. The van der Waals surface area contributed by atoms with Crippen molar-refractivity contribution in [1.82, 2.24) is 15.0 Å². The molecule has 3 aromatic rings. The van der Waals surface area contributed by atoms with E-state index < -0.39 is 0 Å². The number of aromatic nitrogens is 3. The molecule has 0 aliphatic rings. The van der Waals surface area contributed by atoms with Crippen LogP contribution in [-0.2, 0) is 0 Å². The van der Waals surface area contributed by atoms with Gasteiger partial charge in [0.1, 0.15) is 5.69 Å². The maximum Gasteiger partial charge on any atom is 0.156 e. The molecule has 0 amide bonds. The molecule has 1 aromatic carbocycles. The summed E-state index contributed by atoms with van der Waals surface area (Å²) in [5, 5.41) is 1.15. The molecule has 0 bridgehead atoms. The summed E-state index contributed by atoms with van der Waals surface area (Å²) in [4.78, 5) is 12.0. The average molecular weight is 209 g/mol. The highest BCUT2D eigenvalue weighted by Crippen LogP contribution is 2.18. The minimum absolute atomic E-state index is 0.822. The molecule has 16 heavy (non-hydrogen) atoms. The highest BCUT2D eigenvalue weighted by Gasteiger charge is 2.03. The van der Waals surface area contributed by atoms with Gasteiger partial charge in [-0.15, -0.1) is 0 Å². The summed E-state index contributed by atoms with van der Waals surface area (Å²) in [6, 6.07) is 12.1. The van der Waals surface area contributed by atoms with Crippen molar-refractivity contribution in [1.29, 1.82) is 0 Å². The van der Waals surface area contributed by atoms with Crippen LogP contribution in [0.5, 0.6) is 0 Å². The molecule has 2 heterocycles. The Balaban J connectivity index is 2.18. The van der Waals surface area contributed by atoms with Crippen molar-refractivity contribution in [3.63, 3.8) is 0 Å². The third-order valence-corrected chi connectivity index (χ3v) is 2.54. The largest absolute Gasteiger partial charge is 0.341 e. The summed E-state index contributed by atoms with van der Waals surface area (Å²) in [5.41, 5.74) is 2.92. The zero-order chi connectivity index (χ0) is 11.0. The number of nitrogens with zero attached hydrogens (tertiary/aromatic N) is 2. The van der Waals surface area contributed by atoms with E-state index in [0.29, 0.717) is 0 Å². The molecule has 0 atom stereocenters. The van der Waals surface area contributed by atoms with Crippen LogP contribution in [0, 0.1) is 6.92 Å². The molecule has 0 unspecified atom stereocenters. The van der Waals surface area contributed by atoms with Gasteiger partial charge in [0.2, 0.25) is 0 Å². The zero-order valence-electron chi connectivity index (χ0n) is 8.94. The Hall–Kier alpha value is -2.16. The predicted octanol–water partition coefficient (Wildman–Crippen LogP) is 2.93. The normalized spacial score (nSPS) is 10.8. The summed E-state index contributed by atoms with van der Waals surface area (Å²) in [6.07, 6.45) is 1.81. The van der Waals surface area contributed by atoms with Gasteiger partial charge in [0, 0.05) is 17.3 Å². The smallest absolute Gasteiger partial charge is 0.156 e. The maximum absolute atomic E-state index is 4.57. The summed E-state index contributed by atoms with van der Waals surface area (Å²) in [7, 11) is 0. The summed E-state index contributed by atoms with van der Waals surface area (Å²) < 4.78 is 0. The van der Waals surface area contributed by atoms with Gasteiger partial charge in [-0.3, -0.25) is 0 Å². The third kappa shape index (κ3) is 1.46. The van der Waals surface area contributed by atoms with Crippen LogP contribution in [0.25, 0.3) is 22.4 Å². The van der Waals surface area contributed by atoms with Crippen molar-refractivity contribution in [2.75, 3.05) is 0 Å². The Labute approximate surface area is 93.2 Å². The van der Waals surface area contributed by atoms with Crippen LogP contribution < -0.4 is 0 Å². The van der Waals surface area contributed by atoms with Crippen LogP contribution in [0.3, 0.4) is 0 Å². The highest BCUT2D eigenvalue weighted by molar-refractivity contribution is 5.80.